The molecule has 0 radical (unpaired) electrons. The number of aryl methyl sites for hydroxylation is 2. The van der Waals surface area contributed by atoms with Crippen LogP contribution in [-0.2, 0) is 11.3 Å². The van der Waals surface area contributed by atoms with Crippen LogP contribution >= 0.6 is 22.9 Å². The van der Waals surface area contributed by atoms with Crippen LogP contribution in [0.15, 0.2) is 18.2 Å². The van der Waals surface area contributed by atoms with Crippen molar-refractivity contribution in [2.45, 2.75) is 20.4 Å². The summed E-state index contributed by atoms with van der Waals surface area (Å²) in [6, 6.07) is 4.29. The highest BCUT2D eigenvalue weighted by Gasteiger charge is 2.19. The smallest absolute Gasteiger partial charge is 0.231 e. The Morgan fingerprint density at radius 3 is 2.78 bits per heavy atom. The molecule has 0 N–H and O–H groups in total. The third-order valence-electron chi connectivity index (χ3n) is 4.62. The molecule has 0 aliphatic carbocycles. The first-order chi connectivity index (χ1) is 13.0. The number of morpholine rings is 1. The molecule has 1 fully saturated rings. The number of nitrogens with zero attached hydrogens (tertiary/aromatic N) is 3. The monoisotopic (exact) mass is 407 g/mol. The van der Waals surface area contributed by atoms with Crippen LogP contribution in [-0.4, -0.2) is 41.2 Å². The zero-order chi connectivity index (χ0) is 19.0. The van der Waals surface area contributed by atoms with E-state index in [0.717, 1.165) is 42.1 Å². The average Bonchev–Trinajstić information content (AvgIpc) is 2.93. The highest BCUT2D eigenvalue weighted by atomic mass is 35.5. The van der Waals surface area contributed by atoms with E-state index < -0.39 is 5.82 Å². The van der Waals surface area contributed by atoms with Crippen molar-refractivity contribution >= 4 is 33.2 Å². The predicted octanol–water partition coefficient (Wildman–Crippen LogP) is 4.73. The predicted molar refractivity (Wildman–Crippen MR) is 104 cm³/mol. The molecule has 0 atom stereocenters. The molecule has 0 bridgehead atoms. The van der Waals surface area contributed by atoms with Crippen LogP contribution in [0.25, 0.3) is 10.2 Å². The van der Waals surface area contributed by atoms with Crippen molar-refractivity contribution in [2.75, 3.05) is 26.3 Å². The van der Waals surface area contributed by atoms with Gasteiger partial charge in [-0.1, -0.05) is 11.6 Å². The molecule has 3 aromatic rings. The Morgan fingerprint density at radius 1 is 1.26 bits per heavy atom. The van der Waals surface area contributed by atoms with Gasteiger partial charge in [-0.05, 0) is 31.5 Å². The lowest BCUT2D eigenvalue weighted by atomic mass is 10.2. The summed E-state index contributed by atoms with van der Waals surface area (Å²) >= 11 is 7.51. The third kappa shape index (κ3) is 3.91. The standard InChI is InChI=1S/C19H19ClFN3O2S/c1-11-12(2)27-19-17(11)18(26-13-3-4-15(21)14(20)9-13)22-16(23-19)10-24-5-7-25-8-6-24/h3-4,9H,5-8,10H2,1-2H3. The van der Waals surface area contributed by atoms with Crippen LogP contribution in [0.2, 0.25) is 5.02 Å². The van der Waals surface area contributed by atoms with E-state index in [1.807, 2.05) is 6.92 Å². The lowest BCUT2D eigenvalue weighted by molar-refractivity contribution is 0.0330. The van der Waals surface area contributed by atoms with Crippen molar-refractivity contribution in [3.63, 3.8) is 0 Å². The fourth-order valence-corrected chi connectivity index (χ4v) is 4.22. The number of thiophene rings is 1. The van der Waals surface area contributed by atoms with Crippen LogP contribution in [0.3, 0.4) is 0 Å². The minimum Gasteiger partial charge on any atom is -0.438 e. The van der Waals surface area contributed by atoms with Gasteiger partial charge in [-0.2, -0.15) is 4.98 Å². The number of benzene rings is 1. The molecule has 2 aromatic heterocycles. The van der Waals surface area contributed by atoms with Gasteiger partial charge in [0.15, 0.2) is 0 Å². The van der Waals surface area contributed by atoms with Crippen molar-refractivity contribution in [1.82, 2.24) is 14.9 Å². The molecule has 0 saturated carbocycles. The maximum absolute atomic E-state index is 13.5. The molecular formula is C19H19ClFN3O2S. The summed E-state index contributed by atoms with van der Waals surface area (Å²) in [6.07, 6.45) is 0. The molecule has 142 valence electrons. The van der Waals surface area contributed by atoms with Gasteiger partial charge in [0.1, 0.15) is 22.2 Å². The van der Waals surface area contributed by atoms with Gasteiger partial charge in [0.25, 0.3) is 0 Å². The van der Waals surface area contributed by atoms with Crippen molar-refractivity contribution in [3.8, 4) is 11.6 Å². The minimum absolute atomic E-state index is 0.0181. The van der Waals surface area contributed by atoms with Crippen molar-refractivity contribution in [1.29, 1.82) is 0 Å². The van der Waals surface area contributed by atoms with E-state index in [1.54, 1.807) is 17.4 Å². The zero-order valence-electron chi connectivity index (χ0n) is 15.1. The molecular weight excluding hydrogens is 389 g/mol. The SMILES string of the molecule is Cc1sc2nc(CN3CCOCC3)nc(Oc3ccc(F)c(Cl)c3)c2c1C. The Bertz CT molecular complexity index is 989. The number of aromatic nitrogens is 2. The van der Waals surface area contributed by atoms with Gasteiger partial charge in [0.2, 0.25) is 5.88 Å². The Morgan fingerprint density at radius 2 is 2.04 bits per heavy atom. The van der Waals surface area contributed by atoms with E-state index in [0.29, 0.717) is 24.0 Å². The molecule has 8 heteroatoms. The Kier molecular flexibility index (Phi) is 5.27. The number of rotatable bonds is 4. The van der Waals surface area contributed by atoms with Crippen molar-refractivity contribution in [3.05, 3.63) is 45.3 Å². The van der Waals surface area contributed by atoms with Crippen LogP contribution < -0.4 is 4.74 Å². The van der Waals surface area contributed by atoms with Gasteiger partial charge in [-0.3, -0.25) is 4.90 Å². The Balaban J connectivity index is 1.72. The van der Waals surface area contributed by atoms with Crippen LogP contribution in [0.1, 0.15) is 16.3 Å². The molecule has 0 spiro atoms. The summed E-state index contributed by atoms with van der Waals surface area (Å²) in [4.78, 5) is 13.7. The van der Waals surface area contributed by atoms with Crippen LogP contribution in [0, 0.1) is 19.7 Å². The van der Waals surface area contributed by atoms with E-state index >= 15 is 0 Å². The number of hydrogen-bond donors (Lipinski definition) is 0. The normalized spacial score (nSPS) is 15.4. The third-order valence-corrected chi connectivity index (χ3v) is 6.01. The Labute approximate surface area is 165 Å². The molecule has 1 aromatic carbocycles. The Hall–Kier alpha value is -1.80. The molecule has 1 saturated heterocycles. The lowest BCUT2D eigenvalue weighted by Gasteiger charge is -2.25. The maximum Gasteiger partial charge on any atom is 0.231 e. The molecule has 1 aliphatic heterocycles. The largest absolute Gasteiger partial charge is 0.438 e. The average molecular weight is 408 g/mol. The molecule has 27 heavy (non-hydrogen) atoms. The fourth-order valence-electron chi connectivity index (χ4n) is 3.01. The molecule has 1 aliphatic rings. The zero-order valence-corrected chi connectivity index (χ0v) is 16.7. The van der Waals surface area contributed by atoms with Crippen molar-refractivity contribution in [2.24, 2.45) is 0 Å². The van der Waals surface area contributed by atoms with Crippen LogP contribution in [0.5, 0.6) is 11.6 Å². The summed E-state index contributed by atoms with van der Waals surface area (Å²) in [7, 11) is 0. The van der Waals surface area contributed by atoms with Gasteiger partial charge in [-0.15, -0.1) is 11.3 Å². The number of ether oxygens (including phenoxy) is 2. The number of fused-ring (bicyclic) bond motifs is 1. The molecule has 3 heterocycles. The lowest BCUT2D eigenvalue weighted by Crippen LogP contribution is -2.36. The molecule has 0 unspecified atom stereocenters. The highest BCUT2D eigenvalue weighted by Crippen LogP contribution is 2.37. The van der Waals surface area contributed by atoms with E-state index in [9.17, 15) is 4.39 Å². The topological polar surface area (TPSA) is 47.5 Å². The molecule has 4 rings (SSSR count). The van der Waals surface area contributed by atoms with E-state index in [-0.39, 0.29) is 5.02 Å². The van der Waals surface area contributed by atoms with E-state index in [2.05, 4.69) is 16.8 Å². The van der Waals surface area contributed by atoms with E-state index in [1.165, 1.54) is 17.0 Å². The fraction of sp³-hybridized carbons (Fsp3) is 0.368. The molecule has 5 nitrogen and oxygen atoms in total. The summed E-state index contributed by atoms with van der Waals surface area (Å²) in [5.41, 5.74) is 1.09. The summed E-state index contributed by atoms with van der Waals surface area (Å²) in [6.45, 7) is 7.87. The van der Waals surface area contributed by atoms with Gasteiger partial charge in [0.05, 0.1) is 30.2 Å². The second-order valence-electron chi connectivity index (χ2n) is 6.47. The summed E-state index contributed by atoms with van der Waals surface area (Å²) in [5, 5.41) is 0.910. The minimum atomic E-state index is -0.479. The van der Waals surface area contributed by atoms with Crippen LogP contribution in [0.4, 0.5) is 4.39 Å². The maximum atomic E-state index is 13.5. The molecule has 0 amide bonds. The van der Waals surface area contributed by atoms with Gasteiger partial charge >= 0.3 is 0 Å². The number of hydrogen-bond acceptors (Lipinski definition) is 6. The first kappa shape index (κ1) is 18.6. The van der Waals surface area contributed by atoms with Gasteiger partial charge < -0.3 is 9.47 Å². The van der Waals surface area contributed by atoms with Gasteiger partial charge in [0, 0.05) is 24.0 Å². The second-order valence-corrected chi connectivity index (χ2v) is 8.09. The summed E-state index contributed by atoms with van der Waals surface area (Å²) < 4.78 is 24.9. The van der Waals surface area contributed by atoms with Gasteiger partial charge in [-0.25, -0.2) is 9.37 Å². The second kappa shape index (κ2) is 7.67. The quantitative estimate of drug-likeness (QED) is 0.626. The first-order valence-corrected chi connectivity index (χ1v) is 9.90. The van der Waals surface area contributed by atoms with E-state index in [4.69, 9.17) is 26.1 Å². The van der Waals surface area contributed by atoms with Crippen molar-refractivity contribution < 1.29 is 13.9 Å². The highest BCUT2D eigenvalue weighted by molar-refractivity contribution is 7.18. The summed E-state index contributed by atoms with van der Waals surface area (Å²) in [5.74, 6) is 1.15. The number of halogens is 2. The first-order valence-electron chi connectivity index (χ1n) is 8.71.